The number of hydrogen-bond acceptors (Lipinski definition) is 8. The van der Waals surface area contributed by atoms with Crippen molar-refractivity contribution in [3.8, 4) is 0 Å². The highest BCUT2D eigenvalue weighted by atomic mass is 32.2. The fraction of sp³-hybridized carbons (Fsp3) is 1.00. The van der Waals surface area contributed by atoms with E-state index in [0.717, 1.165) is 6.42 Å². The van der Waals surface area contributed by atoms with Gasteiger partial charge in [-0.25, -0.2) is 0 Å². The molecule has 204 valence electrons. The van der Waals surface area contributed by atoms with Gasteiger partial charge in [0.2, 0.25) is 0 Å². The van der Waals surface area contributed by atoms with Gasteiger partial charge in [-0.05, 0) is 6.42 Å². The zero-order valence-electron chi connectivity index (χ0n) is 21.5. The van der Waals surface area contributed by atoms with Crippen LogP contribution < -0.4 is 5.73 Å². The predicted octanol–water partition coefficient (Wildman–Crippen LogP) is 3.59. The lowest BCUT2D eigenvalue weighted by Crippen LogP contribution is -2.61. The molecule has 1 aliphatic rings. The second-order valence-corrected chi connectivity index (χ2v) is 11.0. The van der Waals surface area contributed by atoms with E-state index in [4.69, 9.17) is 15.2 Å². The molecule has 0 aliphatic carbocycles. The molecule has 1 rings (SSSR count). The lowest BCUT2D eigenvalue weighted by atomic mass is 9.99. The van der Waals surface area contributed by atoms with Crippen molar-refractivity contribution in [2.24, 2.45) is 11.7 Å². The molecule has 6 atom stereocenters. The fourth-order valence-electron chi connectivity index (χ4n) is 4.29. The largest absolute Gasteiger partial charge is 0.396 e. The van der Waals surface area contributed by atoms with Gasteiger partial charge in [0.25, 0.3) is 0 Å². The molecule has 0 radical (unpaired) electrons. The summed E-state index contributed by atoms with van der Waals surface area (Å²) in [5.74, 6) is 0.512. The molecular weight excluding hydrogens is 454 g/mol. The quantitative estimate of drug-likeness (QED) is 0.141. The molecule has 0 spiro atoms. The van der Waals surface area contributed by atoms with Crippen LogP contribution in [0.2, 0.25) is 0 Å². The molecule has 0 aromatic heterocycles. The molecule has 8 heteroatoms. The van der Waals surface area contributed by atoms with Gasteiger partial charge in [0.05, 0.1) is 19.3 Å². The SMILES string of the molecule is CCCCCCCCCCCCCCCCOC[C@@H](CO)CS[C@@H]1OC(CO)[C@@H](O)[C@H](O)C1N. The van der Waals surface area contributed by atoms with Crippen molar-refractivity contribution in [1.29, 1.82) is 0 Å². The third kappa shape index (κ3) is 14.0. The molecule has 0 saturated carbocycles. The van der Waals surface area contributed by atoms with Gasteiger partial charge in [-0.1, -0.05) is 90.4 Å². The summed E-state index contributed by atoms with van der Waals surface area (Å²) in [5.41, 5.74) is 5.42. The Morgan fingerprint density at radius 2 is 1.35 bits per heavy atom. The lowest BCUT2D eigenvalue weighted by molar-refractivity contribution is -0.165. The molecule has 1 aliphatic heterocycles. The van der Waals surface area contributed by atoms with Crippen molar-refractivity contribution in [3.05, 3.63) is 0 Å². The minimum absolute atomic E-state index is 0.00229. The lowest BCUT2D eigenvalue weighted by Gasteiger charge is -2.40. The Bertz CT molecular complexity index is 459. The number of rotatable bonds is 22. The summed E-state index contributed by atoms with van der Waals surface area (Å²) in [4.78, 5) is 0. The number of hydrogen-bond donors (Lipinski definition) is 5. The van der Waals surface area contributed by atoms with Gasteiger partial charge < -0.3 is 35.6 Å². The monoisotopic (exact) mass is 507 g/mol. The zero-order valence-corrected chi connectivity index (χ0v) is 22.3. The summed E-state index contributed by atoms with van der Waals surface area (Å²) in [6.07, 6.45) is 15.5. The van der Waals surface area contributed by atoms with E-state index < -0.39 is 29.8 Å². The van der Waals surface area contributed by atoms with Crippen LogP contribution in [0.15, 0.2) is 0 Å². The molecule has 2 unspecified atom stereocenters. The maximum atomic E-state index is 10.0. The molecule has 1 saturated heterocycles. The van der Waals surface area contributed by atoms with Crippen molar-refractivity contribution in [1.82, 2.24) is 0 Å². The van der Waals surface area contributed by atoms with E-state index in [9.17, 15) is 20.4 Å². The van der Waals surface area contributed by atoms with Crippen molar-refractivity contribution in [2.75, 3.05) is 32.2 Å². The summed E-state index contributed by atoms with van der Waals surface area (Å²) in [6, 6.07) is -0.751. The minimum Gasteiger partial charge on any atom is -0.396 e. The van der Waals surface area contributed by atoms with Gasteiger partial charge in [-0.3, -0.25) is 0 Å². The Kier molecular flexibility index (Phi) is 20.0. The van der Waals surface area contributed by atoms with E-state index in [1.54, 1.807) is 0 Å². The topological polar surface area (TPSA) is 125 Å². The maximum Gasteiger partial charge on any atom is 0.121 e. The van der Waals surface area contributed by atoms with Crippen LogP contribution in [0.25, 0.3) is 0 Å². The van der Waals surface area contributed by atoms with Crippen molar-refractivity contribution in [2.45, 2.75) is 127 Å². The van der Waals surface area contributed by atoms with Crippen molar-refractivity contribution in [3.63, 3.8) is 0 Å². The number of aliphatic hydroxyl groups excluding tert-OH is 4. The van der Waals surface area contributed by atoms with Crippen LogP contribution in [0.1, 0.15) is 96.8 Å². The zero-order chi connectivity index (χ0) is 25.0. The number of ether oxygens (including phenoxy) is 2. The van der Waals surface area contributed by atoms with E-state index in [0.29, 0.717) is 19.0 Å². The van der Waals surface area contributed by atoms with Crippen LogP contribution >= 0.6 is 11.8 Å². The molecule has 0 aromatic rings. The van der Waals surface area contributed by atoms with E-state index in [-0.39, 0.29) is 19.1 Å². The van der Waals surface area contributed by atoms with Gasteiger partial charge in [-0.2, -0.15) is 0 Å². The Hall–Kier alpha value is 0.0700. The Morgan fingerprint density at radius 3 is 1.85 bits per heavy atom. The molecule has 0 amide bonds. The normalized spacial score (nSPS) is 26.1. The van der Waals surface area contributed by atoms with Crippen molar-refractivity contribution < 1.29 is 29.9 Å². The van der Waals surface area contributed by atoms with Crippen molar-refractivity contribution >= 4 is 11.8 Å². The molecule has 1 heterocycles. The number of thioether (sulfide) groups is 1. The Morgan fingerprint density at radius 1 is 0.824 bits per heavy atom. The van der Waals surface area contributed by atoms with Crippen LogP contribution in [-0.2, 0) is 9.47 Å². The fourth-order valence-corrected chi connectivity index (χ4v) is 5.55. The summed E-state index contributed by atoms with van der Waals surface area (Å²) >= 11 is 1.38. The molecule has 7 nitrogen and oxygen atoms in total. The molecule has 1 fully saturated rings. The molecule has 0 aromatic carbocycles. The maximum absolute atomic E-state index is 10.0. The highest BCUT2D eigenvalue weighted by molar-refractivity contribution is 7.99. The Labute approximate surface area is 212 Å². The van der Waals surface area contributed by atoms with E-state index in [2.05, 4.69) is 6.92 Å². The first-order valence-corrected chi connectivity index (χ1v) is 14.8. The molecular formula is C26H53NO6S. The number of nitrogens with two attached hydrogens (primary N) is 1. The van der Waals surface area contributed by atoms with E-state index >= 15 is 0 Å². The van der Waals surface area contributed by atoms with E-state index in [1.807, 2.05) is 0 Å². The third-order valence-electron chi connectivity index (χ3n) is 6.68. The highest BCUT2D eigenvalue weighted by Crippen LogP contribution is 2.28. The van der Waals surface area contributed by atoms with Crippen LogP contribution in [-0.4, -0.2) is 82.4 Å². The van der Waals surface area contributed by atoms with E-state index in [1.165, 1.54) is 95.2 Å². The summed E-state index contributed by atoms with van der Waals surface area (Å²) in [5, 5.41) is 38.9. The summed E-state index contributed by atoms with van der Waals surface area (Å²) in [7, 11) is 0. The van der Waals surface area contributed by atoms with Crippen LogP contribution in [0.4, 0.5) is 0 Å². The summed E-state index contributed by atoms with van der Waals surface area (Å²) < 4.78 is 11.4. The van der Waals surface area contributed by atoms with Crippen LogP contribution in [0.3, 0.4) is 0 Å². The molecule has 0 bridgehead atoms. The highest BCUT2D eigenvalue weighted by Gasteiger charge is 2.42. The number of aliphatic hydroxyl groups is 4. The van der Waals surface area contributed by atoms with Gasteiger partial charge in [0.1, 0.15) is 23.7 Å². The average molecular weight is 508 g/mol. The molecule has 34 heavy (non-hydrogen) atoms. The standard InChI is InChI=1S/C26H53NO6S/c1-2-3-4-5-6-7-8-9-10-11-12-13-14-15-16-32-19-21(17-28)20-34-26-23(27)25(31)24(30)22(18-29)33-26/h21-26,28-31H,2-20,27H2,1H3/t21-,22?,23?,24-,25-,26+/m1/s1. The Balaban J connectivity index is 1.97. The second kappa shape index (κ2) is 21.2. The van der Waals surface area contributed by atoms with Gasteiger partial charge >= 0.3 is 0 Å². The minimum atomic E-state index is -1.20. The number of unbranched alkanes of at least 4 members (excludes halogenated alkanes) is 13. The molecule has 6 N–H and O–H groups in total. The second-order valence-electron chi connectivity index (χ2n) is 9.84. The first-order valence-electron chi connectivity index (χ1n) is 13.7. The summed E-state index contributed by atoms with van der Waals surface area (Å²) in [6.45, 7) is 3.06. The smallest absolute Gasteiger partial charge is 0.121 e. The van der Waals surface area contributed by atoms with Gasteiger partial charge in [0.15, 0.2) is 0 Å². The van der Waals surface area contributed by atoms with Crippen LogP contribution in [0, 0.1) is 5.92 Å². The third-order valence-corrected chi connectivity index (χ3v) is 8.10. The predicted molar refractivity (Wildman–Crippen MR) is 140 cm³/mol. The van der Waals surface area contributed by atoms with Gasteiger partial charge in [-0.15, -0.1) is 11.8 Å². The van der Waals surface area contributed by atoms with Gasteiger partial charge in [0, 0.05) is 24.9 Å². The van der Waals surface area contributed by atoms with Crippen LogP contribution in [0.5, 0.6) is 0 Å². The first kappa shape index (κ1) is 32.1. The first-order chi connectivity index (χ1) is 16.5. The average Bonchev–Trinajstić information content (AvgIpc) is 2.85.